The van der Waals surface area contributed by atoms with Crippen molar-refractivity contribution in [1.82, 2.24) is 0 Å². The van der Waals surface area contributed by atoms with E-state index in [1.54, 1.807) is 0 Å². The summed E-state index contributed by atoms with van der Waals surface area (Å²) in [4.78, 5) is 0. The van der Waals surface area contributed by atoms with Gasteiger partial charge in [-0.1, -0.05) is 49.4 Å². The second-order valence-corrected chi connectivity index (χ2v) is 7.98. The molecule has 1 aromatic heterocycles. The van der Waals surface area contributed by atoms with E-state index in [9.17, 15) is 0 Å². The minimum absolute atomic E-state index is 1.06. The van der Waals surface area contributed by atoms with Gasteiger partial charge >= 0.3 is 0 Å². The van der Waals surface area contributed by atoms with Crippen molar-refractivity contribution < 1.29 is 0 Å². The van der Waals surface area contributed by atoms with Crippen molar-refractivity contribution in [3.05, 3.63) is 82.9 Å². The van der Waals surface area contributed by atoms with Gasteiger partial charge in [-0.15, -0.1) is 11.3 Å². The number of allylic oxidation sites excluding steroid dienone is 2. The van der Waals surface area contributed by atoms with E-state index in [0.29, 0.717) is 0 Å². The van der Waals surface area contributed by atoms with Crippen LogP contribution in [0, 0.1) is 0 Å². The molecule has 0 bridgehead atoms. The summed E-state index contributed by atoms with van der Waals surface area (Å²) in [6.45, 7) is 4.56. The van der Waals surface area contributed by atoms with Crippen LogP contribution in [0.2, 0.25) is 0 Å². The number of benzene rings is 3. The second kappa shape index (κ2) is 5.57. The van der Waals surface area contributed by atoms with Gasteiger partial charge in [-0.2, -0.15) is 0 Å². The van der Waals surface area contributed by atoms with E-state index in [0.717, 1.165) is 12.8 Å². The summed E-state index contributed by atoms with van der Waals surface area (Å²) in [6, 6.07) is 22.5. The average molecular weight is 340 g/mol. The molecule has 1 heterocycles. The van der Waals surface area contributed by atoms with Gasteiger partial charge in [0, 0.05) is 20.2 Å². The lowest BCUT2D eigenvalue weighted by Crippen LogP contribution is -1.93. The lowest BCUT2D eigenvalue weighted by Gasteiger charge is -2.11. The van der Waals surface area contributed by atoms with Crippen molar-refractivity contribution in [2.24, 2.45) is 0 Å². The zero-order valence-electron chi connectivity index (χ0n) is 14.6. The van der Waals surface area contributed by atoms with Gasteiger partial charge in [0.05, 0.1) is 0 Å². The van der Waals surface area contributed by atoms with Crippen molar-refractivity contribution in [3.63, 3.8) is 0 Å². The number of fused-ring (bicyclic) bond motifs is 4. The Labute approximate surface area is 152 Å². The lowest BCUT2D eigenvalue weighted by molar-refractivity contribution is 1.13. The standard InChI is InChI=1S/C24H20S/c1-3-16-12-22-19-10-6-7-11-23(19)25-24(22)14-21(16)20-13-17-8-4-5-9-18(17)15(20)2/h4-12,14H,3,13H2,1-2H3. The van der Waals surface area contributed by atoms with Gasteiger partial charge in [-0.25, -0.2) is 0 Å². The fraction of sp³-hybridized carbons (Fsp3) is 0.167. The number of hydrogen-bond donors (Lipinski definition) is 0. The number of hydrogen-bond acceptors (Lipinski definition) is 1. The summed E-state index contributed by atoms with van der Waals surface area (Å²) < 4.78 is 2.79. The molecule has 0 atom stereocenters. The molecular formula is C24H20S. The molecular weight excluding hydrogens is 320 g/mol. The van der Waals surface area contributed by atoms with Crippen LogP contribution in [-0.4, -0.2) is 0 Å². The third-order valence-electron chi connectivity index (χ3n) is 5.55. The van der Waals surface area contributed by atoms with Gasteiger partial charge in [0.1, 0.15) is 0 Å². The molecule has 25 heavy (non-hydrogen) atoms. The second-order valence-electron chi connectivity index (χ2n) is 6.89. The van der Waals surface area contributed by atoms with Crippen LogP contribution in [0.1, 0.15) is 36.1 Å². The SMILES string of the molecule is CCc1cc2c(cc1C1=C(C)c3ccccc3C1)sc1ccccc12. The van der Waals surface area contributed by atoms with Crippen molar-refractivity contribution in [1.29, 1.82) is 0 Å². The number of thiophene rings is 1. The molecule has 0 N–H and O–H groups in total. The molecule has 122 valence electrons. The maximum Gasteiger partial charge on any atom is 0.0361 e. The Hall–Kier alpha value is -2.38. The predicted octanol–water partition coefficient (Wildman–Crippen LogP) is 7.10. The molecule has 0 aliphatic heterocycles. The summed E-state index contributed by atoms with van der Waals surface area (Å²) in [5, 5.41) is 2.80. The molecule has 0 nitrogen and oxygen atoms in total. The Balaban J connectivity index is 1.77. The maximum absolute atomic E-state index is 2.45. The predicted molar refractivity (Wildman–Crippen MR) is 111 cm³/mol. The fourth-order valence-corrected chi connectivity index (χ4v) is 5.34. The van der Waals surface area contributed by atoms with E-state index in [1.807, 2.05) is 11.3 Å². The minimum atomic E-state index is 1.06. The van der Waals surface area contributed by atoms with Gasteiger partial charge in [0.2, 0.25) is 0 Å². The zero-order valence-corrected chi connectivity index (χ0v) is 15.4. The monoisotopic (exact) mass is 340 g/mol. The number of aryl methyl sites for hydroxylation is 1. The average Bonchev–Trinajstić information content (AvgIpc) is 3.18. The summed E-state index contributed by atoms with van der Waals surface area (Å²) >= 11 is 1.92. The third-order valence-corrected chi connectivity index (χ3v) is 6.68. The van der Waals surface area contributed by atoms with Gasteiger partial charge in [0.25, 0.3) is 0 Å². The molecule has 0 radical (unpaired) electrons. The molecule has 0 saturated carbocycles. The van der Waals surface area contributed by atoms with E-state index in [1.165, 1.54) is 53.6 Å². The molecule has 0 unspecified atom stereocenters. The number of rotatable bonds is 2. The molecule has 0 amide bonds. The Morgan fingerprint density at radius 2 is 1.64 bits per heavy atom. The Morgan fingerprint density at radius 1 is 0.840 bits per heavy atom. The van der Waals surface area contributed by atoms with Crippen LogP contribution in [-0.2, 0) is 12.8 Å². The highest BCUT2D eigenvalue weighted by Gasteiger charge is 2.21. The van der Waals surface area contributed by atoms with Crippen molar-refractivity contribution in [3.8, 4) is 0 Å². The molecule has 1 aliphatic carbocycles. The molecule has 5 rings (SSSR count). The molecule has 0 saturated heterocycles. The molecule has 4 aromatic rings. The molecule has 1 heteroatoms. The summed E-state index contributed by atoms with van der Waals surface area (Å²) in [6.07, 6.45) is 2.13. The van der Waals surface area contributed by atoms with Crippen LogP contribution >= 0.6 is 11.3 Å². The zero-order chi connectivity index (χ0) is 17.0. The van der Waals surface area contributed by atoms with Crippen LogP contribution in [0.4, 0.5) is 0 Å². The van der Waals surface area contributed by atoms with Gasteiger partial charge in [0.15, 0.2) is 0 Å². The van der Waals surface area contributed by atoms with E-state index in [2.05, 4.69) is 74.5 Å². The van der Waals surface area contributed by atoms with Crippen LogP contribution < -0.4 is 0 Å². The van der Waals surface area contributed by atoms with E-state index in [4.69, 9.17) is 0 Å². The van der Waals surface area contributed by atoms with Crippen LogP contribution in [0.15, 0.2) is 60.7 Å². The fourth-order valence-electron chi connectivity index (χ4n) is 4.21. The molecule has 1 aliphatic rings. The first-order chi connectivity index (χ1) is 12.3. The van der Waals surface area contributed by atoms with Crippen LogP contribution in [0.25, 0.3) is 31.3 Å². The van der Waals surface area contributed by atoms with Crippen molar-refractivity contribution >= 4 is 42.7 Å². The smallest absolute Gasteiger partial charge is 0.0361 e. The first-order valence-corrected chi connectivity index (χ1v) is 9.80. The Bertz CT molecular complexity index is 1160. The van der Waals surface area contributed by atoms with Gasteiger partial charge < -0.3 is 0 Å². The first-order valence-electron chi connectivity index (χ1n) is 8.99. The summed E-state index contributed by atoms with van der Waals surface area (Å²) in [5.74, 6) is 0. The van der Waals surface area contributed by atoms with E-state index in [-0.39, 0.29) is 0 Å². The minimum Gasteiger partial charge on any atom is -0.135 e. The quantitative estimate of drug-likeness (QED) is 0.365. The summed E-state index contributed by atoms with van der Waals surface area (Å²) in [7, 11) is 0. The van der Waals surface area contributed by atoms with Crippen molar-refractivity contribution in [2.45, 2.75) is 26.7 Å². The Kier molecular flexibility index (Phi) is 3.33. The summed E-state index contributed by atoms with van der Waals surface area (Å²) in [5.41, 5.74) is 8.78. The molecule has 0 fully saturated rings. The van der Waals surface area contributed by atoms with Crippen molar-refractivity contribution in [2.75, 3.05) is 0 Å². The third kappa shape index (κ3) is 2.19. The van der Waals surface area contributed by atoms with E-state index < -0.39 is 0 Å². The van der Waals surface area contributed by atoms with Crippen LogP contribution in [0.5, 0.6) is 0 Å². The van der Waals surface area contributed by atoms with Crippen LogP contribution in [0.3, 0.4) is 0 Å². The molecule has 0 spiro atoms. The topological polar surface area (TPSA) is 0 Å². The molecule has 3 aromatic carbocycles. The van der Waals surface area contributed by atoms with Gasteiger partial charge in [-0.05, 0) is 71.4 Å². The maximum atomic E-state index is 2.45. The van der Waals surface area contributed by atoms with E-state index >= 15 is 0 Å². The largest absolute Gasteiger partial charge is 0.135 e. The highest BCUT2D eigenvalue weighted by molar-refractivity contribution is 7.25. The highest BCUT2D eigenvalue weighted by Crippen LogP contribution is 2.42. The first kappa shape index (κ1) is 14.9. The lowest BCUT2D eigenvalue weighted by atomic mass is 9.93. The normalized spacial score (nSPS) is 13.8. The Morgan fingerprint density at radius 3 is 2.48 bits per heavy atom. The highest BCUT2D eigenvalue weighted by atomic mass is 32.1. The van der Waals surface area contributed by atoms with Gasteiger partial charge in [-0.3, -0.25) is 0 Å².